The van der Waals surface area contributed by atoms with Crippen molar-refractivity contribution in [3.63, 3.8) is 0 Å². The van der Waals surface area contributed by atoms with Crippen molar-refractivity contribution in [3.8, 4) is 17.4 Å². The summed E-state index contributed by atoms with van der Waals surface area (Å²) in [5.41, 5.74) is 3.77. The van der Waals surface area contributed by atoms with Crippen LogP contribution >= 0.6 is 0 Å². The molecule has 0 saturated carbocycles. The van der Waals surface area contributed by atoms with Crippen molar-refractivity contribution in [2.75, 3.05) is 12.4 Å². The van der Waals surface area contributed by atoms with Gasteiger partial charge in [-0.2, -0.15) is 20.1 Å². The van der Waals surface area contributed by atoms with Gasteiger partial charge < -0.3 is 10.1 Å². The van der Waals surface area contributed by atoms with Crippen LogP contribution in [-0.2, 0) is 13.6 Å². The summed E-state index contributed by atoms with van der Waals surface area (Å²) in [6, 6.07) is 4.13. The maximum absolute atomic E-state index is 5.21. The highest BCUT2D eigenvalue weighted by Crippen LogP contribution is 2.25. The Labute approximate surface area is 140 Å². The Balaban J connectivity index is 1.93. The first-order valence-electron chi connectivity index (χ1n) is 7.52. The lowest BCUT2D eigenvalue weighted by atomic mass is 10.2. The highest BCUT2D eigenvalue weighted by Gasteiger charge is 2.17. The number of pyridine rings is 1. The Bertz CT molecular complexity index is 845. The number of anilines is 1. The number of aromatic nitrogens is 6. The smallest absolute Gasteiger partial charge is 0.321 e. The molecule has 0 unspecified atom stereocenters. The van der Waals surface area contributed by atoms with Gasteiger partial charge in [0.05, 0.1) is 18.4 Å². The SMILES string of the molecule is COc1nc(NCc2cccnc2)nc(-c2c(C)nn(C)c2C)n1. The zero-order valence-corrected chi connectivity index (χ0v) is 14.1. The molecule has 8 heteroatoms. The van der Waals surface area contributed by atoms with Crippen LogP contribution in [0.25, 0.3) is 11.4 Å². The lowest BCUT2D eigenvalue weighted by Gasteiger charge is -2.08. The molecule has 8 nitrogen and oxygen atoms in total. The summed E-state index contributed by atoms with van der Waals surface area (Å²) >= 11 is 0. The fraction of sp³-hybridized carbons (Fsp3) is 0.312. The molecule has 0 fully saturated rings. The number of nitrogens with zero attached hydrogens (tertiary/aromatic N) is 6. The maximum Gasteiger partial charge on any atom is 0.321 e. The molecule has 0 amide bonds. The molecule has 1 N–H and O–H groups in total. The predicted octanol–water partition coefficient (Wildman–Crippen LogP) is 1.90. The average molecular weight is 325 g/mol. The second-order valence-electron chi connectivity index (χ2n) is 5.35. The highest BCUT2D eigenvalue weighted by atomic mass is 16.5. The number of methoxy groups -OCH3 is 1. The van der Waals surface area contributed by atoms with Crippen LogP contribution in [0.15, 0.2) is 24.5 Å². The topological polar surface area (TPSA) is 90.6 Å². The van der Waals surface area contributed by atoms with E-state index in [-0.39, 0.29) is 6.01 Å². The van der Waals surface area contributed by atoms with E-state index in [1.165, 1.54) is 7.11 Å². The normalized spacial score (nSPS) is 10.7. The number of ether oxygens (including phenoxy) is 1. The third-order valence-corrected chi connectivity index (χ3v) is 3.70. The van der Waals surface area contributed by atoms with E-state index < -0.39 is 0 Å². The zero-order valence-electron chi connectivity index (χ0n) is 14.1. The van der Waals surface area contributed by atoms with Crippen LogP contribution in [0, 0.1) is 13.8 Å². The minimum Gasteiger partial charge on any atom is -0.467 e. The van der Waals surface area contributed by atoms with Crippen LogP contribution in [0.4, 0.5) is 5.95 Å². The van der Waals surface area contributed by atoms with Gasteiger partial charge in [-0.15, -0.1) is 0 Å². The number of hydrogen-bond acceptors (Lipinski definition) is 7. The molecule has 0 aliphatic carbocycles. The summed E-state index contributed by atoms with van der Waals surface area (Å²) in [4.78, 5) is 17.2. The van der Waals surface area contributed by atoms with Crippen LogP contribution in [0.1, 0.15) is 17.0 Å². The fourth-order valence-electron chi connectivity index (χ4n) is 2.42. The summed E-state index contributed by atoms with van der Waals surface area (Å²) in [6.45, 7) is 4.47. The molecular weight excluding hydrogens is 306 g/mol. The molecule has 0 bridgehead atoms. The van der Waals surface area contributed by atoms with E-state index in [9.17, 15) is 0 Å². The Kier molecular flexibility index (Phi) is 4.37. The standard InChI is InChI=1S/C16H19N7O/c1-10-13(11(2)23(3)22-10)14-19-15(21-16(20-14)24-4)18-9-12-6-5-7-17-8-12/h5-8H,9H2,1-4H3,(H,18,19,20,21). The zero-order chi connectivity index (χ0) is 17.1. The van der Waals surface area contributed by atoms with Crippen molar-refractivity contribution in [3.05, 3.63) is 41.5 Å². The summed E-state index contributed by atoms with van der Waals surface area (Å²) < 4.78 is 7.02. The van der Waals surface area contributed by atoms with Crippen LogP contribution in [0.3, 0.4) is 0 Å². The molecule has 3 aromatic heterocycles. The van der Waals surface area contributed by atoms with E-state index in [4.69, 9.17) is 4.74 Å². The second-order valence-corrected chi connectivity index (χ2v) is 5.35. The van der Waals surface area contributed by atoms with Gasteiger partial charge in [-0.25, -0.2) is 0 Å². The van der Waals surface area contributed by atoms with Crippen molar-refractivity contribution < 1.29 is 4.74 Å². The number of nitrogens with one attached hydrogen (secondary N) is 1. The molecule has 0 aliphatic heterocycles. The minimum atomic E-state index is 0.260. The first-order valence-corrected chi connectivity index (χ1v) is 7.52. The highest BCUT2D eigenvalue weighted by molar-refractivity contribution is 5.62. The van der Waals surface area contributed by atoms with E-state index in [1.54, 1.807) is 12.4 Å². The Morgan fingerprint density at radius 1 is 1.21 bits per heavy atom. The summed E-state index contributed by atoms with van der Waals surface area (Å²) in [5.74, 6) is 0.988. The fourth-order valence-corrected chi connectivity index (χ4v) is 2.42. The Hall–Kier alpha value is -3.03. The van der Waals surface area contributed by atoms with Crippen molar-refractivity contribution in [1.29, 1.82) is 0 Å². The third-order valence-electron chi connectivity index (χ3n) is 3.70. The van der Waals surface area contributed by atoms with Crippen LogP contribution in [0.2, 0.25) is 0 Å². The number of rotatable bonds is 5. The Morgan fingerprint density at radius 2 is 2.04 bits per heavy atom. The van der Waals surface area contributed by atoms with Crippen LogP contribution in [-0.4, -0.2) is 36.8 Å². The van der Waals surface area contributed by atoms with Gasteiger partial charge in [0.25, 0.3) is 0 Å². The summed E-state index contributed by atoms with van der Waals surface area (Å²) in [6.07, 6.45) is 3.53. The first kappa shape index (κ1) is 15.9. The van der Waals surface area contributed by atoms with Crippen molar-refractivity contribution >= 4 is 5.95 Å². The first-order chi connectivity index (χ1) is 11.6. The van der Waals surface area contributed by atoms with Gasteiger partial charge in [0.1, 0.15) is 0 Å². The van der Waals surface area contributed by atoms with E-state index in [0.717, 1.165) is 22.5 Å². The Morgan fingerprint density at radius 3 is 2.67 bits per heavy atom. The van der Waals surface area contributed by atoms with Crippen LogP contribution < -0.4 is 10.1 Å². The van der Waals surface area contributed by atoms with E-state index in [2.05, 4.69) is 30.4 Å². The van der Waals surface area contributed by atoms with Gasteiger partial charge in [-0.3, -0.25) is 9.67 Å². The summed E-state index contributed by atoms with van der Waals surface area (Å²) in [7, 11) is 3.43. The van der Waals surface area contributed by atoms with E-state index in [0.29, 0.717) is 18.3 Å². The molecule has 24 heavy (non-hydrogen) atoms. The van der Waals surface area contributed by atoms with Crippen LogP contribution in [0.5, 0.6) is 6.01 Å². The van der Waals surface area contributed by atoms with Gasteiger partial charge >= 0.3 is 6.01 Å². The molecule has 3 aromatic rings. The van der Waals surface area contributed by atoms with Gasteiger partial charge in [-0.1, -0.05) is 6.07 Å². The molecule has 3 heterocycles. The molecule has 124 valence electrons. The van der Waals surface area contributed by atoms with Gasteiger partial charge in [0, 0.05) is 31.7 Å². The number of hydrogen-bond donors (Lipinski definition) is 1. The molecule has 0 radical (unpaired) electrons. The second kappa shape index (κ2) is 6.61. The molecule has 0 aromatic carbocycles. The van der Waals surface area contributed by atoms with Crippen molar-refractivity contribution in [2.24, 2.45) is 7.05 Å². The summed E-state index contributed by atoms with van der Waals surface area (Å²) in [5, 5.41) is 7.59. The largest absolute Gasteiger partial charge is 0.467 e. The minimum absolute atomic E-state index is 0.260. The van der Waals surface area contributed by atoms with Crippen molar-refractivity contribution in [1.82, 2.24) is 29.7 Å². The molecule has 3 rings (SSSR count). The lowest BCUT2D eigenvalue weighted by molar-refractivity contribution is 0.379. The monoisotopic (exact) mass is 325 g/mol. The lowest BCUT2D eigenvalue weighted by Crippen LogP contribution is -2.07. The van der Waals surface area contributed by atoms with E-state index in [1.807, 2.05) is 37.7 Å². The molecule has 0 spiro atoms. The predicted molar refractivity (Wildman–Crippen MR) is 89.6 cm³/mol. The van der Waals surface area contributed by atoms with Gasteiger partial charge in [0.15, 0.2) is 5.82 Å². The van der Waals surface area contributed by atoms with E-state index >= 15 is 0 Å². The quantitative estimate of drug-likeness (QED) is 0.766. The molecule has 0 aliphatic rings. The average Bonchev–Trinajstić information content (AvgIpc) is 2.86. The van der Waals surface area contributed by atoms with Gasteiger partial charge in [0.2, 0.25) is 5.95 Å². The molecule has 0 atom stereocenters. The molecular formula is C16H19N7O. The third kappa shape index (κ3) is 3.17. The maximum atomic E-state index is 5.21. The van der Waals surface area contributed by atoms with Gasteiger partial charge in [-0.05, 0) is 25.5 Å². The number of aryl methyl sites for hydroxylation is 2. The van der Waals surface area contributed by atoms with Crippen molar-refractivity contribution in [2.45, 2.75) is 20.4 Å². The molecule has 0 saturated heterocycles.